The average molecular weight is 265 g/mol. The summed E-state index contributed by atoms with van der Waals surface area (Å²) in [6, 6.07) is 1.52. The first-order valence-corrected chi connectivity index (χ1v) is 5.83. The molecule has 0 bridgehead atoms. The summed E-state index contributed by atoms with van der Waals surface area (Å²) < 4.78 is 0. The molecule has 1 aromatic heterocycles. The number of nitrogen functional groups attached to an aromatic ring is 1. The smallest absolute Gasteiger partial charge is 0.253 e. The van der Waals surface area contributed by atoms with E-state index in [1.54, 1.807) is 0 Å². The zero-order valence-electron chi connectivity index (χ0n) is 11.3. The van der Waals surface area contributed by atoms with Crippen molar-refractivity contribution in [1.29, 1.82) is 0 Å². The van der Waals surface area contributed by atoms with Crippen molar-refractivity contribution in [2.45, 2.75) is 26.3 Å². The fourth-order valence-corrected chi connectivity index (χ4v) is 1.43. The van der Waals surface area contributed by atoms with Gasteiger partial charge in [-0.15, -0.1) is 0 Å². The van der Waals surface area contributed by atoms with Gasteiger partial charge in [0.2, 0.25) is 5.91 Å². The van der Waals surface area contributed by atoms with Crippen LogP contribution in [0.15, 0.2) is 18.5 Å². The van der Waals surface area contributed by atoms with E-state index in [2.05, 4.69) is 21.0 Å². The van der Waals surface area contributed by atoms with E-state index in [1.807, 2.05) is 20.8 Å². The molecule has 7 heteroatoms. The number of hydrogen-bond donors (Lipinski definition) is 4. The van der Waals surface area contributed by atoms with Gasteiger partial charge in [0.1, 0.15) is 0 Å². The lowest BCUT2D eigenvalue weighted by molar-refractivity contribution is -0.121. The minimum Gasteiger partial charge on any atom is -0.350 e. The third-order valence-electron chi connectivity index (χ3n) is 2.15. The van der Waals surface area contributed by atoms with Crippen LogP contribution in [0.5, 0.6) is 0 Å². The van der Waals surface area contributed by atoms with Crippen LogP contribution < -0.4 is 21.9 Å². The summed E-state index contributed by atoms with van der Waals surface area (Å²) >= 11 is 0. The molecule has 1 rings (SSSR count). The highest BCUT2D eigenvalue weighted by Crippen LogP contribution is 2.11. The second kappa shape index (κ2) is 6.14. The summed E-state index contributed by atoms with van der Waals surface area (Å²) in [5.74, 6) is 4.64. The van der Waals surface area contributed by atoms with Crippen molar-refractivity contribution in [3.8, 4) is 0 Å². The van der Waals surface area contributed by atoms with Crippen molar-refractivity contribution in [2.75, 3.05) is 12.0 Å². The van der Waals surface area contributed by atoms with E-state index in [1.165, 1.54) is 18.5 Å². The van der Waals surface area contributed by atoms with E-state index in [-0.39, 0.29) is 23.9 Å². The highest BCUT2D eigenvalue weighted by Gasteiger charge is 2.15. The molecule has 0 spiro atoms. The van der Waals surface area contributed by atoms with Crippen LogP contribution in [0.2, 0.25) is 0 Å². The first kappa shape index (κ1) is 14.9. The number of carbonyl (C=O) groups excluding carboxylic acids is 2. The molecule has 0 unspecified atom stereocenters. The lowest BCUT2D eigenvalue weighted by Gasteiger charge is -2.20. The lowest BCUT2D eigenvalue weighted by Crippen LogP contribution is -2.45. The molecule has 1 aromatic rings. The van der Waals surface area contributed by atoms with Crippen molar-refractivity contribution < 1.29 is 9.59 Å². The van der Waals surface area contributed by atoms with E-state index in [9.17, 15) is 9.59 Å². The monoisotopic (exact) mass is 265 g/mol. The minimum absolute atomic E-state index is 0.0948. The molecule has 19 heavy (non-hydrogen) atoms. The Morgan fingerprint density at radius 1 is 1.37 bits per heavy atom. The van der Waals surface area contributed by atoms with Crippen molar-refractivity contribution in [2.24, 2.45) is 5.84 Å². The third-order valence-corrected chi connectivity index (χ3v) is 2.15. The van der Waals surface area contributed by atoms with Crippen molar-refractivity contribution in [3.05, 3.63) is 24.0 Å². The predicted octanol–water partition coefficient (Wildman–Crippen LogP) is 0.0117. The number of rotatable bonds is 4. The number of nitrogens with one attached hydrogen (secondary N) is 3. The SMILES string of the molecule is CC(C)(C)NC(=O)CNC(=O)c1ccncc1NN. The Kier molecular flexibility index (Phi) is 4.82. The lowest BCUT2D eigenvalue weighted by atomic mass is 10.1. The fourth-order valence-electron chi connectivity index (χ4n) is 1.43. The summed E-state index contributed by atoms with van der Waals surface area (Å²) in [4.78, 5) is 27.3. The maximum absolute atomic E-state index is 11.9. The van der Waals surface area contributed by atoms with Gasteiger partial charge < -0.3 is 16.1 Å². The normalized spacial score (nSPS) is 10.7. The molecule has 2 amide bonds. The van der Waals surface area contributed by atoms with Crippen LogP contribution in [0, 0.1) is 0 Å². The number of carbonyl (C=O) groups is 2. The van der Waals surface area contributed by atoms with Crippen molar-refractivity contribution >= 4 is 17.5 Å². The van der Waals surface area contributed by atoms with Gasteiger partial charge in [-0.25, -0.2) is 0 Å². The maximum Gasteiger partial charge on any atom is 0.253 e. The number of hydrazine groups is 1. The molecule has 0 fully saturated rings. The Labute approximate surface area is 111 Å². The second-order valence-electron chi connectivity index (χ2n) is 5.05. The van der Waals surface area contributed by atoms with E-state index in [4.69, 9.17) is 5.84 Å². The van der Waals surface area contributed by atoms with Crippen LogP contribution in [-0.2, 0) is 4.79 Å². The van der Waals surface area contributed by atoms with Crippen LogP contribution in [0.25, 0.3) is 0 Å². The van der Waals surface area contributed by atoms with Crippen LogP contribution in [0.3, 0.4) is 0 Å². The van der Waals surface area contributed by atoms with Crippen molar-refractivity contribution in [1.82, 2.24) is 15.6 Å². The number of hydrogen-bond acceptors (Lipinski definition) is 5. The summed E-state index contributed by atoms with van der Waals surface area (Å²) in [5, 5.41) is 5.27. The van der Waals surface area contributed by atoms with E-state index < -0.39 is 0 Å². The molecular weight excluding hydrogens is 246 g/mol. The highest BCUT2D eigenvalue weighted by atomic mass is 16.2. The molecule has 1 heterocycles. The van der Waals surface area contributed by atoms with Gasteiger partial charge in [-0.3, -0.25) is 20.4 Å². The number of aromatic nitrogens is 1. The number of pyridine rings is 1. The minimum atomic E-state index is -0.389. The Hall–Kier alpha value is -2.15. The molecule has 5 N–H and O–H groups in total. The molecule has 0 atom stereocenters. The van der Waals surface area contributed by atoms with Crippen LogP contribution in [0.4, 0.5) is 5.69 Å². The molecule has 0 radical (unpaired) electrons. The Bertz CT molecular complexity index is 467. The van der Waals surface area contributed by atoms with Crippen LogP contribution >= 0.6 is 0 Å². The van der Waals surface area contributed by atoms with Gasteiger partial charge in [0.15, 0.2) is 0 Å². The highest BCUT2D eigenvalue weighted by molar-refractivity contribution is 6.00. The largest absolute Gasteiger partial charge is 0.350 e. The molecule has 104 valence electrons. The fraction of sp³-hybridized carbons (Fsp3) is 0.417. The molecule has 0 aliphatic carbocycles. The molecule has 0 aliphatic rings. The number of amides is 2. The van der Waals surface area contributed by atoms with Gasteiger partial charge in [0.05, 0.1) is 24.0 Å². The summed E-state index contributed by atoms with van der Waals surface area (Å²) in [6.45, 7) is 5.51. The van der Waals surface area contributed by atoms with Gasteiger partial charge in [-0.1, -0.05) is 0 Å². The van der Waals surface area contributed by atoms with E-state index in [0.29, 0.717) is 11.3 Å². The molecule has 0 aliphatic heterocycles. The summed E-state index contributed by atoms with van der Waals surface area (Å²) in [5.41, 5.74) is 2.78. The maximum atomic E-state index is 11.9. The third kappa shape index (κ3) is 4.92. The van der Waals surface area contributed by atoms with Crippen LogP contribution in [-0.4, -0.2) is 28.9 Å². The Balaban J connectivity index is 2.59. The zero-order valence-corrected chi connectivity index (χ0v) is 11.3. The molecular formula is C12H19N5O2. The van der Waals surface area contributed by atoms with Gasteiger partial charge in [0.25, 0.3) is 5.91 Å². The van der Waals surface area contributed by atoms with Gasteiger partial charge in [-0.05, 0) is 26.8 Å². The second-order valence-corrected chi connectivity index (χ2v) is 5.05. The number of nitrogens with zero attached hydrogens (tertiary/aromatic N) is 1. The quantitative estimate of drug-likeness (QED) is 0.453. The zero-order chi connectivity index (χ0) is 14.5. The summed E-state index contributed by atoms with van der Waals surface area (Å²) in [7, 11) is 0. The van der Waals surface area contributed by atoms with E-state index >= 15 is 0 Å². The standard InChI is InChI=1S/C12H19N5O2/c1-12(2,3)16-10(18)7-15-11(19)8-4-5-14-6-9(8)17-13/h4-6,17H,7,13H2,1-3H3,(H,15,19)(H,16,18). The summed E-state index contributed by atoms with van der Waals surface area (Å²) in [6.07, 6.45) is 2.91. The van der Waals surface area contributed by atoms with Crippen LogP contribution in [0.1, 0.15) is 31.1 Å². The Morgan fingerprint density at radius 3 is 2.63 bits per heavy atom. The first-order chi connectivity index (χ1) is 8.83. The average Bonchev–Trinajstić information content (AvgIpc) is 2.33. The van der Waals surface area contributed by atoms with Crippen molar-refractivity contribution in [3.63, 3.8) is 0 Å². The first-order valence-electron chi connectivity index (χ1n) is 5.83. The molecule has 0 saturated heterocycles. The number of anilines is 1. The topological polar surface area (TPSA) is 109 Å². The predicted molar refractivity (Wildman–Crippen MR) is 72.3 cm³/mol. The molecule has 7 nitrogen and oxygen atoms in total. The molecule has 0 saturated carbocycles. The van der Waals surface area contributed by atoms with Gasteiger partial charge in [0, 0.05) is 11.7 Å². The Morgan fingerprint density at radius 2 is 2.05 bits per heavy atom. The molecule has 0 aromatic carbocycles. The van der Waals surface area contributed by atoms with Gasteiger partial charge in [-0.2, -0.15) is 0 Å². The van der Waals surface area contributed by atoms with Gasteiger partial charge >= 0.3 is 0 Å². The van der Waals surface area contributed by atoms with E-state index in [0.717, 1.165) is 0 Å². The number of nitrogens with two attached hydrogens (primary N) is 1.